The van der Waals surface area contributed by atoms with Gasteiger partial charge in [-0.25, -0.2) is 4.39 Å². The van der Waals surface area contributed by atoms with Gasteiger partial charge in [-0.2, -0.15) is 0 Å². The molecular formula is C16H22FNO. The van der Waals surface area contributed by atoms with Crippen LogP contribution in [-0.2, 0) is 6.54 Å². The zero-order valence-corrected chi connectivity index (χ0v) is 11.9. The highest BCUT2D eigenvalue weighted by molar-refractivity contribution is 5.37. The van der Waals surface area contributed by atoms with Crippen LogP contribution in [0.2, 0.25) is 0 Å². The first-order valence-electron chi connectivity index (χ1n) is 6.59. The Bertz CT molecular complexity index is 460. The smallest absolute Gasteiger partial charge is 0.128 e. The molecule has 104 valence electrons. The van der Waals surface area contributed by atoms with Crippen molar-refractivity contribution in [2.75, 3.05) is 20.2 Å². The van der Waals surface area contributed by atoms with Gasteiger partial charge in [0.1, 0.15) is 5.82 Å². The predicted octanol–water partition coefficient (Wildman–Crippen LogP) is 2.65. The summed E-state index contributed by atoms with van der Waals surface area (Å²) in [7, 11) is 1.99. The van der Waals surface area contributed by atoms with Gasteiger partial charge in [-0.1, -0.05) is 31.8 Å². The minimum absolute atomic E-state index is 0.0353. The number of benzene rings is 1. The van der Waals surface area contributed by atoms with Crippen LogP contribution >= 0.6 is 0 Å². The van der Waals surface area contributed by atoms with Crippen LogP contribution in [0.1, 0.15) is 31.4 Å². The zero-order valence-electron chi connectivity index (χ0n) is 11.9. The molecule has 0 aliphatic rings. The number of halogens is 1. The van der Waals surface area contributed by atoms with E-state index in [1.54, 1.807) is 6.07 Å². The summed E-state index contributed by atoms with van der Waals surface area (Å²) >= 11 is 0. The number of nitrogens with zero attached hydrogens (tertiary/aromatic N) is 1. The molecule has 0 spiro atoms. The first kappa shape index (κ1) is 15.7. The standard InChI is InChI=1S/C16H22FNO/c1-13(2)11-18(3)12-15-8-7-14(10-16(15)17)6-4-5-9-19/h7-8,10,13,19H,5,9,11-12H2,1-3H3. The first-order chi connectivity index (χ1) is 9.02. The number of aliphatic hydroxyl groups is 1. The van der Waals surface area contributed by atoms with Crippen molar-refractivity contribution >= 4 is 0 Å². The molecule has 0 fully saturated rings. The lowest BCUT2D eigenvalue weighted by Crippen LogP contribution is -2.23. The first-order valence-corrected chi connectivity index (χ1v) is 6.59. The van der Waals surface area contributed by atoms with Crippen LogP contribution in [0, 0.1) is 23.6 Å². The summed E-state index contributed by atoms with van der Waals surface area (Å²) in [6.45, 7) is 5.87. The second-order valence-electron chi connectivity index (χ2n) is 5.17. The van der Waals surface area contributed by atoms with Crippen molar-refractivity contribution in [2.45, 2.75) is 26.8 Å². The van der Waals surface area contributed by atoms with E-state index in [0.717, 1.165) is 6.54 Å². The van der Waals surface area contributed by atoms with Gasteiger partial charge in [-0.05, 0) is 25.1 Å². The van der Waals surface area contributed by atoms with Crippen molar-refractivity contribution in [3.8, 4) is 11.8 Å². The Balaban J connectivity index is 2.70. The fraction of sp³-hybridized carbons (Fsp3) is 0.500. The third-order valence-corrected chi connectivity index (χ3v) is 2.64. The zero-order chi connectivity index (χ0) is 14.3. The second-order valence-corrected chi connectivity index (χ2v) is 5.17. The van der Waals surface area contributed by atoms with Crippen LogP contribution in [0.5, 0.6) is 0 Å². The molecule has 1 N–H and O–H groups in total. The van der Waals surface area contributed by atoms with Crippen molar-refractivity contribution in [1.82, 2.24) is 4.90 Å². The molecule has 0 aliphatic carbocycles. The monoisotopic (exact) mass is 263 g/mol. The summed E-state index contributed by atoms with van der Waals surface area (Å²) in [5.74, 6) is 5.97. The maximum Gasteiger partial charge on any atom is 0.128 e. The second kappa shape index (κ2) is 7.93. The van der Waals surface area contributed by atoms with Crippen LogP contribution in [0.3, 0.4) is 0 Å². The highest BCUT2D eigenvalue weighted by Gasteiger charge is 2.07. The molecule has 3 heteroatoms. The van der Waals surface area contributed by atoms with Crippen molar-refractivity contribution in [2.24, 2.45) is 5.92 Å². The van der Waals surface area contributed by atoms with E-state index in [2.05, 4.69) is 30.6 Å². The number of aliphatic hydroxyl groups excluding tert-OH is 1. The Hall–Kier alpha value is -1.37. The molecule has 19 heavy (non-hydrogen) atoms. The summed E-state index contributed by atoms with van der Waals surface area (Å²) in [5, 5.41) is 8.63. The van der Waals surface area contributed by atoms with Crippen LogP contribution in [-0.4, -0.2) is 30.2 Å². The summed E-state index contributed by atoms with van der Waals surface area (Å²) in [5.41, 5.74) is 1.34. The molecule has 0 bridgehead atoms. The molecule has 0 radical (unpaired) electrons. The average Bonchev–Trinajstić information content (AvgIpc) is 2.32. The largest absolute Gasteiger partial charge is 0.395 e. The normalized spacial score (nSPS) is 10.7. The molecule has 0 aromatic heterocycles. The summed E-state index contributed by atoms with van der Waals surface area (Å²) in [6, 6.07) is 5.07. The molecular weight excluding hydrogens is 241 g/mol. The topological polar surface area (TPSA) is 23.5 Å². The Labute approximate surface area is 115 Å². The number of hydrogen-bond acceptors (Lipinski definition) is 2. The number of rotatable bonds is 5. The van der Waals surface area contributed by atoms with Crippen molar-refractivity contribution in [3.05, 3.63) is 35.1 Å². The van der Waals surface area contributed by atoms with Crippen molar-refractivity contribution in [3.63, 3.8) is 0 Å². The van der Waals surface area contributed by atoms with Gasteiger partial charge < -0.3 is 10.0 Å². The van der Waals surface area contributed by atoms with Gasteiger partial charge in [0, 0.05) is 30.6 Å². The van der Waals surface area contributed by atoms with E-state index in [1.165, 1.54) is 6.07 Å². The quantitative estimate of drug-likeness (QED) is 0.826. The fourth-order valence-corrected chi connectivity index (χ4v) is 1.95. The highest BCUT2D eigenvalue weighted by atomic mass is 19.1. The van der Waals surface area contributed by atoms with Gasteiger partial charge in [0.2, 0.25) is 0 Å². The summed E-state index contributed by atoms with van der Waals surface area (Å²) in [4.78, 5) is 2.11. The third-order valence-electron chi connectivity index (χ3n) is 2.64. The lowest BCUT2D eigenvalue weighted by Gasteiger charge is -2.19. The molecule has 1 aromatic rings. The van der Waals surface area contributed by atoms with E-state index < -0.39 is 0 Å². The molecule has 0 aliphatic heterocycles. The Kier molecular flexibility index (Phi) is 6.55. The van der Waals surface area contributed by atoms with Gasteiger partial charge in [0.05, 0.1) is 6.61 Å². The molecule has 0 saturated carbocycles. The van der Waals surface area contributed by atoms with Gasteiger partial charge in [-0.15, -0.1) is 0 Å². The van der Waals surface area contributed by atoms with Crippen LogP contribution in [0.4, 0.5) is 4.39 Å². The van der Waals surface area contributed by atoms with Crippen molar-refractivity contribution < 1.29 is 9.50 Å². The average molecular weight is 263 g/mol. The van der Waals surface area contributed by atoms with Crippen LogP contribution < -0.4 is 0 Å². The van der Waals surface area contributed by atoms with Gasteiger partial charge >= 0.3 is 0 Å². The Morgan fingerprint density at radius 1 is 1.37 bits per heavy atom. The van der Waals surface area contributed by atoms with E-state index in [0.29, 0.717) is 30.0 Å². The maximum absolute atomic E-state index is 13.9. The van der Waals surface area contributed by atoms with E-state index in [1.807, 2.05) is 13.1 Å². The lowest BCUT2D eigenvalue weighted by atomic mass is 10.1. The van der Waals surface area contributed by atoms with Gasteiger partial charge in [-0.3, -0.25) is 0 Å². The van der Waals surface area contributed by atoms with E-state index in [9.17, 15) is 4.39 Å². The molecule has 0 amide bonds. The minimum Gasteiger partial charge on any atom is -0.395 e. The highest BCUT2D eigenvalue weighted by Crippen LogP contribution is 2.12. The van der Waals surface area contributed by atoms with Gasteiger partial charge in [0.25, 0.3) is 0 Å². The third kappa shape index (κ3) is 5.87. The molecule has 1 aromatic carbocycles. The molecule has 0 saturated heterocycles. The van der Waals surface area contributed by atoms with Gasteiger partial charge in [0.15, 0.2) is 0 Å². The van der Waals surface area contributed by atoms with Crippen LogP contribution in [0.25, 0.3) is 0 Å². The van der Waals surface area contributed by atoms with E-state index in [-0.39, 0.29) is 12.4 Å². The Morgan fingerprint density at radius 3 is 2.68 bits per heavy atom. The molecule has 2 nitrogen and oxygen atoms in total. The molecule has 0 atom stereocenters. The summed E-state index contributed by atoms with van der Waals surface area (Å²) < 4.78 is 13.9. The number of hydrogen-bond donors (Lipinski definition) is 1. The summed E-state index contributed by atoms with van der Waals surface area (Å²) in [6.07, 6.45) is 0.417. The maximum atomic E-state index is 13.9. The predicted molar refractivity (Wildman–Crippen MR) is 76.2 cm³/mol. The molecule has 1 rings (SSSR count). The van der Waals surface area contributed by atoms with E-state index >= 15 is 0 Å². The SMILES string of the molecule is CC(C)CN(C)Cc1ccc(C#CCCO)cc1F. The molecule has 0 unspecified atom stereocenters. The van der Waals surface area contributed by atoms with E-state index in [4.69, 9.17) is 5.11 Å². The minimum atomic E-state index is -0.216. The van der Waals surface area contributed by atoms with Crippen LogP contribution in [0.15, 0.2) is 18.2 Å². The lowest BCUT2D eigenvalue weighted by molar-refractivity contribution is 0.284. The molecule has 0 heterocycles. The van der Waals surface area contributed by atoms with Crippen molar-refractivity contribution in [1.29, 1.82) is 0 Å². The Morgan fingerprint density at radius 2 is 2.11 bits per heavy atom. The fourth-order valence-electron chi connectivity index (χ4n) is 1.95.